The Kier molecular flexibility index (Phi) is 3.00. The molecule has 0 bridgehead atoms. The van der Waals surface area contributed by atoms with Crippen molar-refractivity contribution in [3.63, 3.8) is 0 Å². The van der Waals surface area contributed by atoms with Gasteiger partial charge in [0.15, 0.2) is 4.67 Å². The second-order valence-corrected chi connectivity index (χ2v) is 4.40. The number of hydrogen-bond donors (Lipinski definition) is 1. The van der Waals surface area contributed by atoms with E-state index in [1.807, 2.05) is 0 Å². The summed E-state index contributed by atoms with van der Waals surface area (Å²) in [5.74, 6) is -1.49. The third-order valence-electron chi connectivity index (χ3n) is 2.67. The molecular weight excluding hydrogens is 278 g/mol. The third kappa shape index (κ3) is 1.97. The monoisotopic (exact) mass is 287 g/mol. The Bertz CT molecular complexity index is 428. The van der Waals surface area contributed by atoms with Gasteiger partial charge in [0.2, 0.25) is 0 Å². The molecule has 1 atom stereocenters. The Balaban J connectivity index is 2.08. The fourth-order valence-electron chi connectivity index (χ4n) is 1.76. The maximum Gasteiger partial charge on any atom is 0.308 e. The summed E-state index contributed by atoms with van der Waals surface area (Å²) >= 11 is 3.13. The topological polar surface area (TPSA) is 70.8 Å². The number of carboxylic acids is 1. The number of carboxylic acid groups (broad SMARTS) is 1. The smallest absolute Gasteiger partial charge is 0.308 e. The number of amides is 1. The van der Waals surface area contributed by atoms with Crippen molar-refractivity contribution in [1.82, 2.24) is 4.90 Å². The van der Waals surface area contributed by atoms with Gasteiger partial charge in [-0.05, 0) is 28.4 Å². The van der Waals surface area contributed by atoms with Crippen LogP contribution >= 0.6 is 15.9 Å². The van der Waals surface area contributed by atoms with Crippen LogP contribution in [-0.4, -0.2) is 35.0 Å². The van der Waals surface area contributed by atoms with Crippen LogP contribution in [0, 0.1) is 5.92 Å². The molecule has 0 radical (unpaired) electrons. The van der Waals surface area contributed by atoms with E-state index in [4.69, 9.17) is 9.52 Å². The molecule has 0 saturated carbocycles. The zero-order chi connectivity index (χ0) is 11.7. The first kappa shape index (κ1) is 11.2. The first-order valence-corrected chi connectivity index (χ1v) is 5.64. The fraction of sp³-hybridized carbons (Fsp3) is 0.400. The Labute approximate surface area is 100 Å². The summed E-state index contributed by atoms with van der Waals surface area (Å²) in [6.07, 6.45) is 1.93. The molecule has 1 fully saturated rings. The van der Waals surface area contributed by atoms with Gasteiger partial charge in [0.25, 0.3) is 5.91 Å². The van der Waals surface area contributed by atoms with E-state index >= 15 is 0 Å². The van der Waals surface area contributed by atoms with Crippen molar-refractivity contribution < 1.29 is 19.1 Å². The van der Waals surface area contributed by atoms with Crippen molar-refractivity contribution in [2.75, 3.05) is 13.1 Å². The van der Waals surface area contributed by atoms with E-state index in [0.717, 1.165) is 0 Å². The highest BCUT2D eigenvalue weighted by Crippen LogP contribution is 2.23. The van der Waals surface area contributed by atoms with Crippen LogP contribution in [-0.2, 0) is 4.79 Å². The van der Waals surface area contributed by atoms with E-state index in [2.05, 4.69) is 15.9 Å². The molecule has 6 heteroatoms. The number of nitrogens with zero attached hydrogens (tertiary/aromatic N) is 1. The minimum absolute atomic E-state index is 0.190. The van der Waals surface area contributed by atoms with Gasteiger partial charge in [-0.3, -0.25) is 9.59 Å². The molecule has 86 valence electrons. The summed E-state index contributed by atoms with van der Waals surface area (Å²) < 4.78 is 5.36. The SMILES string of the molecule is O=C(O)C1CCN(C(=O)c2ccoc2Br)C1. The Morgan fingerprint density at radius 1 is 1.56 bits per heavy atom. The van der Waals surface area contributed by atoms with Crippen LogP contribution in [0.25, 0.3) is 0 Å². The summed E-state index contributed by atoms with van der Waals surface area (Å²) in [5.41, 5.74) is 0.436. The van der Waals surface area contributed by atoms with Gasteiger partial charge in [0.1, 0.15) is 0 Å². The zero-order valence-electron chi connectivity index (χ0n) is 8.35. The van der Waals surface area contributed by atoms with E-state index in [0.29, 0.717) is 23.2 Å². The van der Waals surface area contributed by atoms with Gasteiger partial charge in [-0.2, -0.15) is 0 Å². The average Bonchev–Trinajstić information content (AvgIpc) is 2.84. The molecule has 2 heterocycles. The van der Waals surface area contributed by atoms with Crippen molar-refractivity contribution in [2.24, 2.45) is 5.92 Å². The molecule has 1 N–H and O–H groups in total. The fourth-order valence-corrected chi connectivity index (χ4v) is 2.17. The first-order valence-electron chi connectivity index (χ1n) is 4.84. The lowest BCUT2D eigenvalue weighted by molar-refractivity contribution is -0.141. The molecule has 0 spiro atoms. The van der Waals surface area contributed by atoms with Gasteiger partial charge in [-0.25, -0.2) is 0 Å². The molecule has 1 aromatic heterocycles. The Hall–Kier alpha value is -1.30. The molecule has 1 amide bonds. The highest BCUT2D eigenvalue weighted by molar-refractivity contribution is 9.10. The highest BCUT2D eigenvalue weighted by Gasteiger charge is 2.32. The normalized spacial score (nSPS) is 20.1. The minimum Gasteiger partial charge on any atom is -0.481 e. The molecule has 1 unspecified atom stereocenters. The predicted octanol–water partition coefficient (Wildman–Crippen LogP) is 1.59. The second-order valence-electron chi connectivity index (χ2n) is 3.68. The van der Waals surface area contributed by atoms with Crippen LogP contribution in [0.2, 0.25) is 0 Å². The minimum atomic E-state index is -0.846. The second kappa shape index (κ2) is 4.29. The molecule has 1 saturated heterocycles. The number of furan rings is 1. The van der Waals surface area contributed by atoms with Crippen LogP contribution in [0.3, 0.4) is 0 Å². The van der Waals surface area contributed by atoms with Crippen molar-refractivity contribution in [3.05, 3.63) is 22.6 Å². The van der Waals surface area contributed by atoms with Gasteiger partial charge < -0.3 is 14.4 Å². The summed E-state index contributed by atoms with van der Waals surface area (Å²) in [7, 11) is 0. The summed E-state index contributed by atoms with van der Waals surface area (Å²) in [6, 6.07) is 1.57. The number of halogens is 1. The molecule has 1 aliphatic rings. The average molecular weight is 288 g/mol. The number of hydrogen-bond acceptors (Lipinski definition) is 3. The van der Waals surface area contributed by atoms with Crippen LogP contribution in [0.1, 0.15) is 16.8 Å². The quantitative estimate of drug-likeness (QED) is 0.897. The third-order valence-corrected chi connectivity index (χ3v) is 3.29. The molecule has 0 aromatic carbocycles. The molecule has 0 aliphatic carbocycles. The molecule has 1 aliphatic heterocycles. The molecule has 16 heavy (non-hydrogen) atoms. The molecule has 2 rings (SSSR count). The van der Waals surface area contributed by atoms with E-state index in [-0.39, 0.29) is 12.5 Å². The largest absolute Gasteiger partial charge is 0.481 e. The predicted molar refractivity (Wildman–Crippen MR) is 58.1 cm³/mol. The summed E-state index contributed by atoms with van der Waals surface area (Å²) in [6.45, 7) is 0.749. The number of carbonyl (C=O) groups excluding carboxylic acids is 1. The van der Waals surface area contributed by atoms with Crippen LogP contribution in [0.15, 0.2) is 21.4 Å². The lowest BCUT2D eigenvalue weighted by atomic mass is 10.1. The maximum absolute atomic E-state index is 11.9. The number of carbonyl (C=O) groups is 2. The molecule has 1 aromatic rings. The lowest BCUT2D eigenvalue weighted by Gasteiger charge is -2.14. The van der Waals surface area contributed by atoms with Gasteiger partial charge in [-0.1, -0.05) is 0 Å². The Morgan fingerprint density at radius 2 is 2.31 bits per heavy atom. The molecule has 5 nitrogen and oxygen atoms in total. The van der Waals surface area contributed by atoms with Gasteiger partial charge in [0.05, 0.1) is 17.7 Å². The lowest BCUT2D eigenvalue weighted by Crippen LogP contribution is -2.29. The summed E-state index contributed by atoms with van der Waals surface area (Å²) in [4.78, 5) is 24.2. The first-order chi connectivity index (χ1) is 7.59. The number of likely N-dealkylation sites (tertiary alicyclic amines) is 1. The van der Waals surface area contributed by atoms with Gasteiger partial charge in [0, 0.05) is 13.1 Å². The van der Waals surface area contributed by atoms with Crippen LogP contribution in [0.4, 0.5) is 0 Å². The molecular formula is C10H10BrNO4. The van der Waals surface area contributed by atoms with Gasteiger partial charge >= 0.3 is 5.97 Å². The van der Waals surface area contributed by atoms with Gasteiger partial charge in [-0.15, -0.1) is 0 Å². The Morgan fingerprint density at radius 3 is 2.81 bits per heavy atom. The van der Waals surface area contributed by atoms with Crippen molar-refractivity contribution in [1.29, 1.82) is 0 Å². The number of rotatable bonds is 2. The number of aliphatic carboxylic acids is 1. The summed E-state index contributed by atoms with van der Waals surface area (Å²) in [5, 5.41) is 8.83. The maximum atomic E-state index is 11.9. The van der Waals surface area contributed by atoms with E-state index < -0.39 is 11.9 Å². The van der Waals surface area contributed by atoms with E-state index in [1.165, 1.54) is 11.2 Å². The van der Waals surface area contributed by atoms with Crippen molar-refractivity contribution >= 4 is 27.8 Å². The van der Waals surface area contributed by atoms with Crippen LogP contribution in [0.5, 0.6) is 0 Å². The highest BCUT2D eigenvalue weighted by atomic mass is 79.9. The standard InChI is InChI=1S/C10H10BrNO4/c11-8-7(2-4-16-8)9(13)12-3-1-6(5-12)10(14)15/h2,4,6H,1,3,5H2,(H,14,15). The van der Waals surface area contributed by atoms with E-state index in [1.54, 1.807) is 6.07 Å². The zero-order valence-corrected chi connectivity index (χ0v) is 9.94. The van der Waals surface area contributed by atoms with Crippen molar-refractivity contribution in [2.45, 2.75) is 6.42 Å². The van der Waals surface area contributed by atoms with Crippen molar-refractivity contribution in [3.8, 4) is 0 Å². The van der Waals surface area contributed by atoms with Crippen LogP contribution < -0.4 is 0 Å². The van der Waals surface area contributed by atoms with E-state index in [9.17, 15) is 9.59 Å².